The van der Waals surface area contributed by atoms with Crippen LogP contribution in [-0.4, -0.2) is 5.87 Å². The predicted octanol–water partition coefficient (Wildman–Crippen LogP) is -0.832. The van der Waals surface area contributed by atoms with Gasteiger partial charge in [0.2, 0.25) is 0 Å². The third-order valence-electron chi connectivity index (χ3n) is 0.0630. The summed E-state index contributed by atoms with van der Waals surface area (Å²) in [5, 5.41) is 4.59. The Balaban J connectivity index is 3.11. The fourth-order valence-corrected chi connectivity index (χ4v) is 0. The number of rotatable bonds is 0. The number of nitrogens with two attached hydrogens (primary N) is 1. The smallest absolute Gasteiger partial charge is 0.176 e. The van der Waals surface area contributed by atoms with E-state index in [9.17, 15) is 0 Å². The van der Waals surface area contributed by atoms with Crippen LogP contribution >= 0.6 is 11.6 Å². The third-order valence-corrected chi connectivity index (χ3v) is 0.189. The van der Waals surface area contributed by atoms with Gasteiger partial charge in [0.15, 0.2) is 5.87 Å². The van der Waals surface area contributed by atoms with Crippen LogP contribution in [0.15, 0.2) is 5.54 Å². The summed E-state index contributed by atoms with van der Waals surface area (Å²) in [5.41, 5.74) is 1.12. The summed E-state index contributed by atoms with van der Waals surface area (Å²) < 4.78 is 0. The second-order valence-corrected chi connectivity index (χ2v) is 0.494. The molecule has 0 bridgehead atoms. The molecule has 0 radical (unpaired) electrons. The SMILES string of the molecule is [NH2+]=C=CCl. The minimum atomic E-state index is 1.12. The zero-order valence-corrected chi connectivity index (χ0v) is 2.79. The fraction of sp³-hybridized carbons (Fsp3) is 0. The van der Waals surface area contributed by atoms with Crippen LogP contribution in [0.3, 0.4) is 0 Å². The van der Waals surface area contributed by atoms with E-state index in [1.54, 1.807) is 0 Å². The largest absolute Gasteiger partial charge is 0.213 e. The molecule has 0 saturated heterocycles. The lowest BCUT2D eigenvalue weighted by Gasteiger charge is -1.26. The first kappa shape index (κ1) is 3.74. The van der Waals surface area contributed by atoms with Gasteiger partial charge in [-0.05, 0) is 0 Å². The van der Waals surface area contributed by atoms with Crippen molar-refractivity contribution in [3.8, 4) is 0 Å². The first-order chi connectivity index (χ1) is 1.91. The number of hydrogen-bond acceptors (Lipinski definition) is 0. The molecule has 2 N–H and O–H groups in total. The van der Waals surface area contributed by atoms with Gasteiger partial charge < -0.3 is 0 Å². The average molecular weight is 76.5 g/mol. The van der Waals surface area contributed by atoms with E-state index in [0.717, 1.165) is 5.54 Å². The molecule has 0 rings (SSSR count). The van der Waals surface area contributed by atoms with Crippen molar-refractivity contribution >= 4 is 17.5 Å². The molecule has 0 fully saturated rings. The van der Waals surface area contributed by atoms with E-state index < -0.39 is 0 Å². The third kappa shape index (κ3) is 1.74. The Hall–Kier alpha value is -0.260. The molecule has 0 unspecified atom stereocenters. The summed E-state index contributed by atoms with van der Waals surface area (Å²) in [6.07, 6.45) is 0. The molecule has 0 aliphatic rings. The fourth-order valence-electron chi connectivity index (χ4n) is 0. The molecule has 0 atom stereocenters. The van der Waals surface area contributed by atoms with Gasteiger partial charge in [0.25, 0.3) is 0 Å². The van der Waals surface area contributed by atoms with Crippen LogP contribution in [0, 0.1) is 0 Å². The molecule has 0 aromatic heterocycles. The highest BCUT2D eigenvalue weighted by Gasteiger charge is 1.37. The monoisotopic (exact) mass is 76.0 g/mol. The normalized spacial score (nSPS) is 4.25. The molecule has 0 aliphatic heterocycles. The van der Waals surface area contributed by atoms with E-state index in [0.29, 0.717) is 0 Å². The lowest BCUT2D eigenvalue weighted by molar-refractivity contribution is -0.101. The van der Waals surface area contributed by atoms with Crippen molar-refractivity contribution in [1.29, 1.82) is 0 Å². The molecule has 22 valence electrons. The summed E-state index contributed by atoms with van der Waals surface area (Å²) in [6.45, 7) is 0. The highest BCUT2D eigenvalue weighted by atomic mass is 35.5. The van der Waals surface area contributed by atoms with Crippen molar-refractivity contribution in [3.63, 3.8) is 0 Å². The van der Waals surface area contributed by atoms with Crippen molar-refractivity contribution in [2.75, 3.05) is 0 Å². The van der Waals surface area contributed by atoms with Crippen LogP contribution in [0.25, 0.3) is 0 Å². The quantitative estimate of drug-likeness (QED) is 0.365. The molecular formula is C2H3ClN+. The molecule has 1 nitrogen and oxygen atoms in total. The van der Waals surface area contributed by atoms with Gasteiger partial charge in [0.05, 0.1) is 0 Å². The molecule has 0 aromatic rings. The van der Waals surface area contributed by atoms with Crippen LogP contribution < -0.4 is 5.41 Å². The maximum absolute atomic E-state index is 4.82. The molecule has 2 heteroatoms. The van der Waals surface area contributed by atoms with Crippen LogP contribution in [-0.2, 0) is 0 Å². The lowest BCUT2D eigenvalue weighted by Crippen LogP contribution is -2.24. The first-order valence-corrected chi connectivity index (χ1v) is 1.23. The number of halogens is 1. The summed E-state index contributed by atoms with van der Waals surface area (Å²) in [6, 6.07) is 0. The van der Waals surface area contributed by atoms with Gasteiger partial charge in [0.1, 0.15) is 5.54 Å². The zero-order chi connectivity index (χ0) is 3.41. The van der Waals surface area contributed by atoms with Crippen LogP contribution in [0.2, 0.25) is 0 Å². The van der Waals surface area contributed by atoms with Crippen molar-refractivity contribution in [2.45, 2.75) is 0 Å². The topological polar surface area (TPSA) is 25.6 Å². The van der Waals surface area contributed by atoms with E-state index in [1.807, 2.05) is 0 Å². The van der Waals surface area contributed by atoms with E-state index >= 15 is 0 Å². The summed E-state index contributed by atoms with van der Waals surface area (Å²) in [5.74, 6) is 2.07. The second-order valence-electron chi connectivity index (χ2n) is 0.276. The maximum atomic E-state index is 4.82. The van der Waals surface area contributed by atoms with Crippen LogP contribution in [0.5, 0.6) is 0 Å². The van der Waals surface area contributed by atoms with Crippen LogP contribution in [0.4, 0.5) is 0 Å². The Kier molecular flexibility index (Phi) is 2.56. The highest BCUT2D eigenvalue weighted by Crippen LogP contribution is 1.58. The lowest BCUT2D eigenvalue weighted by atomic mass is 11.2. The van der Waals surface area contributed by atoms with E-state index in [4.69, 9.17) is 11.6 Å². The van der Waals surface area contributed by atoms with Crippen LogP contribution in [0.1, 0.15) is 0 Å². The molecular weight excluding hydrogens is 73.5 g/mol. The van der Waals surface area contributed by atoms with Gasteiger partial charge in [-0.1, -0.05) is 11.6 Å². The van der Waals surface area contributed by atoms with Crippen molar-refractivity contribution in [3.05, 3.63) is 5.54 Å². The Morgan fingerprint density at radius 3 is 2.25 bits per heavy atom. The molecule has 0 amide bonds. The molecule has 0 aliphatic carbocycles. The maximum Gasteiger partial charge on any atom is 0.176 e. The van der Waals surface area contributed by atoms with Gasteiger partial charge in [-0.25, -0.2) is 5.41 Å². The standard InChI is InChI=1S/C2H2ClN/c3-1-2-4/h1,4H/p+1. The highest BCUT2D eigenvalue weighted by molar-refractivity contribution is 6.28. The summed E-state index contributed by atoms with van der Waals surface area (Å²) >= 11 is 4.82. The average Bonchev–Trinajstić information content (AvgIpc) is 1.37. The Morgan fingerprint density at radius 2 is 2.25 bits per heavy atom. The Labute approximate surface area is 29.4 Å². The van der Waals surface area contributed by atoms with E-state index in [-0.39, 0.29) is 0 Å². The minimum absolute atomic E-state index is 1.12. The van der Waals surface area contributed by atoms with E-state index in [2.05, 4.69) is 11.3 Å². The molecule has 0 aromatic carbocycles. The minimum Gasteiger partial charge on any atom is -0.213 e. The Bertz CT molecular complexity index is 44.0. The van der Waals surface area contributed by atoms with Crippen molar-refractivity contribution in [1.82, 2.24) is 0 Å². The predicted molar refractivity (Wildman–Crippen MR) is 17.4 cm³/mol. The second kappa shape index (κ2) is 2.74. The summed E-state index contributed by atoms with van der Waals surface area (Å²) in [4.78, 5) is 0. The number of hydrogen-bond donors (Lipinski definition) is 1. The summed E-state index contributed by atoms with van der Waals surface area (Å²) in [7, 11) is 0. The van der Waals surface area contributed by atoms with E-state index in [1.165, 1.54) is 0 Å². The van der Waals surface area contributed by atoms with Gasteiger partial charge >= 0.3 is 0 Å². The van der Waals surface area contributed by atoms with Gasteiger partial charge in [-0.3, -0.25) is 0 Å². The molecule has 0 heterocycles. The Morgan fingerprint density at radius 1 is 2.00 bits per heavy atom. The van der Waals surface area contributed by atoms with Crippen molar-refractivity contribution < 1.29 is 5.41 Å². The van der Waals surface area contributed by atoms with Gasteiger partial charge in [-0.2, -0.15) is 0 Å². The molecule has 0 spiro atoms. The van der Waals surface area contributed by atoms with Crippen molar-refractivity contribution in [2.24, 2.45) is 0 Å². The first-order valence-electron chi connectivity index (χ1n) is 0.796. The zero-order valence-electron chi connectivity index (χ0n) is 2.03. The molecule has 4 heavy (non-hydrogen) atoms. The van der Waals surface area contributed by atoms with Gasteiger partial charge in [0, 0.05) is 0 Å². The van der Waals surface area contributed by atoms with Gasteiger partial charge in [-0.15, -0.1) is 0 Å². The molecule has 0 saturated carbocycles.